The molecular formula is C6H6ClN3O. The highest BCUT2D eigenvalue weighted by molar-refractivity contribution is 5.85. The Morgan fingerprint density at radius 3 is 2.73 bits per heavy atom. The van der Waals surface area contributed by atoms with Crippen molar-refractivity contribution in [1.82, 2.24) is 15.2 Å². The maximum absolute atomic E-state index is 8.95. The van der Waals surface area contributed by atoms with E-state index in [-0.39, 0.29) is 12.4 Å². The van der Waals surface area contributed by atoms with Crippen LogP contribution in [0.25, 0.3) is 11.0 Å². The summed E-state index contributed by atoms with van der Waals surface area (Å²) in [5, 5.41) is 16.1. The molecule has 0 aliphatic heterocycles. The average Bonchev–Trinajstić information content (AvgIpc) is 2.34. The molecule has 0 amide bonds. The molecule has 1 N–H and O–H groups in total. The number of para-hydroxylation sites is 1. The minimum Gasteiger partial charge on any atom is -0.410 e. The number of nitrogens with zero attached hydrogens (tertiary/aromatic N) is 3. The second-order valence-corrected chi connectivity index (χ2v) is 1.97. The Bertz CT molecular complexity index is 359. The Kier molecular flexibility index (Phi) is 1.96. The molecule has 5 heteroatoms. The molecule has 0 spiro atoms. The third-order valence-electron chi connectivity index (χ3n) is 1.33. The summed E-state index contributed by atoms with van der Waals surface area (Å²) >= 11 is 0. The van der Waals surface area contributed by atoms with Crippen LogP contribution < -0.4 is 0 Å². The summed E-state index contributed by atoms with van der Waals surface area (Å²) in [6, 6.07) is 7.19. The van der Waals surface area contributed by atoms with E-state index >= 15 is 0 Å². The zero-order valence-corrected chi connectivity index (χ0v) is 6.32. The smallest absolute Gasteiger partial charge is 0.130 e. The SMILES string of the molecule is Cl.On1nnc2ccccc21. The Balaban J connectivity index is 0.000000605. The van der Waals surface area contributed by atoms with Gasteiger partial charge in [-0.2, -0.15) is 0 Å². The fraction of sp³-hybridized carbons (Fsp3) is 0. The highest BCUT2D eigenvalue weighted by atomic mass is 35.5. The Morgan fingerprint density at radius 1 is 1.27 bits per heavy atom. The lowest BCUT2D eigenvalue weighted by atomic mass is 10.3. The fourth-order valence-electron chi connectivity index (χ4n) is 0.857. The molecule has 1 aromatic heterocycles. The predicted octanol–water partition coefficient (Wildman–Crippen LogP) is 1.09. The van der Waals surface area contributed by atoms with Gasteiger partial charge in [-0.15, -0.1) is 17.5 Å². The van der Waals surface area contributed by atoms with Gasteiger partial charge in [0.15, 0.2) is 0 Å². The highest BCUT2D eigenvalue weighted by Gasteiger charge is 1.98. The van der Waals surface area contributed by atoms with Crippen LogP contribution in [-0.4, -0.2) is 20.4 Å². The number of aromatic nitrogens is 3. The normalized spacial score (nSPS) is 9.45. The van der Waals surface area contributed by atoms with E-state index < -0.39 is 0 Å². The van der Waals surface area contributed by atoms with Crippen LogP contribution in [-0.2, 0) is 0 Å². The van der Waals surface area contributed by atoms with E-state index in [1.165, 1.54) is 0 Å². The van der Waals surface area contributed by atoms with Crippen LogP contribution in [0.4, 0.5) is 0 Å². The van der Waals surface area contributed by atoms with Crippen LogP contribution in [0, 0.1) is 0 Å². The lowest BCUT2D eigenvalue weighted by molar-refractivity contribution is 0.155. The summed E-state index contributed by atoms with van der Waals surface area (Å²) < 4.78 is 0. The molecule has 2 aromatic rings. The van der Waals surface area contributed by atoms with Crippen LogP contribution in [0.2, 0.25) is 0 Å². The lowest BCUT2D eigenvalue weighted by Gasteiger charge is -1.85. The van der Waals surface area contributed by atoms with E-state index in [4.69, 9.17) is 5.21 Å². The third kappa shape index (κ3) is 1.12. The quantitative estimate of drug-likeness (QED) is 0.604. The molecule has 58 valence electrons. The molecule has 0 atom stereocenters. The number of rotatable bonds is 0. The van der Waals surface area contributed by atoms with Gasteiger partial charge < -0.3 is 5.21 Å². The average molecular weight is 172 g/mol. The molecule has 1 aromatic carbocycles. The molecule has 0 aliphatic rings. The maximum Gasteiger partial charge on any atom is 0.130 e. The Hall–Kier alpha value is -1.29. The van der Waals surface area contributed by atoms with Crippen molar-refractivity contribution in [3.8, 4) is 0 Å². The Labute approximate surface area is 68.8 Å². The van der Waals surface area contributed by atoms with Crippen LogP contribution in [0.1, 0.15) is 0 Å². The molecule has 0 radical (unpaired) electrons. The molecule has 0 fully saturated rings. The first-order valence-corrected chi connectivity index (χ1v) is 2.87. The molecule has 2 rings (SSSR count). The van der Waals surface area contributed by atoms with Gasteiger partial charge in [0.1, 0.15) is 11.0 Å². The zero-order chi connectivity index (χ0) is 6.97. The first-order valence-electron chi connectivity index (χ1n) is 2.87. The molecule has 4 nitrogen and oxygen atoms in total. The van der Waals surface area contributed by atoms with Gasteiger partial charge in [-0.3, -0.25) is 0 Å². The fourth-order valence-corrected chi connectivity index (χ4v) is 0.857. The second kappa shape index (κ2) is 2.75. The second-order valence-electron chi connectivity index (χ2n) is 1.97. The van der Waals surface area contributed by atoms with E-state index in [1.807, 2.05) is 12.1 Å². The van der Waals surface area contributed by atoms with E-state index in [9.17, 15) is 0 Å². The summed E-state index contributed by atoms with van der Waals surface area (Å²) in [5.74, 6) is 0. The van der Waals surface area contributed by atoms with Gasteiger partial charge in [0.25, 0.3) is 0 Å². The minimum atomic E-state index is 0. The van der Waals surface area contributed by atoms with Gasteiger partial charge >= 0.3 is 0 Å². The maximum atomic E-state index is 8.95. The van der Waals surface area contributed by atoms with Crippen molar-refractivity contribution in [3.05, 3.63) is 24.3 Å². The number of halogens is 1. The van der Waals surface area contributed by atoms with Gasteiger partial charge in [-0.1, -0.05) is 17.0 Å². The molecule has 0 unspecified atom stereocenters. The van der Waals surface area contributed by atoms with Gasteiger partial charge in [0, 0.05) is 0 Å². The third-order valence-corrected chi connectivity index (χ3v) is 1.33. The topological polar surface area (TPSA) is 50.9 Å². The highest BCUT2D eigenvalue weighted by Crippen LogP contribution is 2.06. The molecule has 0 bridgehead atoms. The summed E-state index contributed by atoms with van der Waals surface area (Å²) in [5.41, 5.74) is 1.33. The van der Waals surface area contributed by atoms with Crippen molar-refractivity contribution in [2.45, 2.75) is 0 Å². The molecule has 11 heavy (non-hydrogen) atoms. The van der Waals surface area contributed by atoms with Crippen LogP contribution in [0.5, 0.6) is 0 Å². The van der Waals surface area contributed by atoms with Crippen LogP contribution in [0.15, 0.2) is 24.3 Å². The summed E-state index contributed by atoms with van der Waals surface area (Å²) in [6.07, 6.45) is 0. The van der Waals surface area contributed by atoms with E-state index in [1.54, 1.807) is 12.1 Å². The van der Waals surface area contributed by atoms with Crippen LogP contribution >= 0.6 is 12.4 Å². The molecule has 0 aliphatic carbocycles. The van der Waals surface area contributed by atoms with Crippen molar-refractivity contribution in [2.75, 3.05) is 0 Å². The van der Waals surface area contributed by atoms with E-state index in [0.29, 0.717) is 11.0 Å². The predicted molar refractivity (Wildman–Crippen MR) is 42.0 cm³/mol. The minimum absolute atomic E-state index is 0. The zero-order valence-electron chi connectivity index (χ0n) is 5.51. The van der Waals surface area contributed by atoms with Gasteiger partial charge in [-0.25, -0.2) is 0 Å². The standard InChI is InChI=1S/C6H5N3O.ClH/c10-9-6-4-2-1-3-5(6)7-8-9;/h1-4,10H;1H. The lowest BCUT2D eigenvalue weighted by Crippen LogP contribution is -1.90. The first kappa shape index (κ1) is 7.81. The van der Waals surface area contributed by atoms with E-state index in [2.05, 4.69) is 10.3 Å². The summed E-state index contributed by atoms with van der Waals surface area (Å²) in [6.45, 7) is 0. The molecular weight excluding hydrogens is 166 g/mol. The van der Waals surface area contributed by atoms with Crippen molar-refractivity contribution in [3.63, 3.8) is 0 Å². The van der Waals surface area contributed by atoms with Crippen molar-refractivity contribution in [1.29, 1.82) is 0 Å². The number of benzene rings is 1. The van der Waals surface area contributed by atoms with Gasteiger partial charge in [0.05, 0.1) is 0 Å². The monoisotopic (exact) mass is 171 g/mol. The van der Waals surface area contributed by atoms with Crippen molar-refractivity contribution >= 4 is 23.4 Å². The van der Waals surface area contributed by atoms with Crippen molar-refractivity contribution in [2.24, 2.45) is 0 Å². The van der Waals surface area contributed by atoms with Crippen molar-refractivity contribution < 1.29 is 5.21 Å². The summed E-state index contributed by atoms with van der Waals surface area (Å²) in [4.78, 5) is 0.759. The molecule has 0 saturated heterocycles. The largest absolute Gasteiger partial charge is 0.410 e. The summed E-state index contributed by atoms with van der Waals surface area (Å²) in [7, 11) is 0. The van der Waals surface area contributed by atoms with Gasteiger partial charge in [-0.05, 0) is 17.3 Å². The first-order chi connectivity index (χ1) is 4.88. The number of hydrogen-bond donors (Lipinski definition) is 1. The molecule has 0 saturated carbocycles. The number of fused-ring (bicyclic) bond motifs is 1. The number of hydrogen-bond acceptors (Lipinski definition) is 3. The Morgan fingerprint density at radius 2 is 2.00 bits per heavy atom. The van der Waals surface area contributed by atoms with E-state index in [0.717, 1.165) is 4.85 Å². The molecule has 1 heterocycles. The van der Waals surface area contributed by atoms with Crippen LogP contribution in [0.3, 0.4) is 0 Å². The van der Waals surface area contributed by atoms with Gasteiger partial charge in [0.2, 0.25) is 0 Å².